The van der Waals surface area contributed by atoms with E-state index >= 15 is 0 Å². The summed E-state index contributed by atoms with van der Waals surface area (Å²) in [5, 5.41) is 21.1. The average Bonchev–Trinajstić information content (AvgIpc) is 3.27. The third-order valence-corrected chi connectivity index (χ3v) is 8.75. The minimum Gasteiger partial charge on any atom is -0.504 e. The highest BCUT2D eigenvalue weighted by Gasteiger charge is 2.80. The third-order valence-electron chi connectivity index (χ3n) is 7.38. The van der Waals surface area contributed by atoms with Crippen molar-refractivity contribution in [3.05, 3.63) is 64.9 Å². The Balaban J connectivity index is 1.68. The van der Waals surface area contributed by atoms with Gasteiger partial charge in [-0.25, -0.2) is 0 Å². The number of carbonyl (C=O) groups is 1. The molecule has 0 aliphatic heterocycles. The summed E-state index contributed by atoms with van der Waals surface area (Å²) in [5.41, 5.74) is 8.58. The normalized spacial score (nSPS) is 33.8. The Morgan fingerprint density at radius 1 is 1.17 bits per heavy atom. The van der Waals surface area contributed by atoms with Crippen LogP contribution < -0.4 is 5.73 Å². The van der Waals surface area contributed by atoms with Crippen molar-refractivity contribution >= 4 is 17.5 Å². The maximum absolute atomic E-state index is 12.8. The smallest absolute Gasteiger partial charge is 0.197 e. The topological polar surface area (TPSA) is 92.8 Å². The second kappa shape index (κ2) is 6.28. The number of Topliss-reactive ketones (excluding diaryl/α,β-unsaturated/α-hetero) is 1. The van der Waals surface area contributed by atoms with Crippen molar-refractivity contribution in [2.45, 2.75) is 41.9 Å². The van der Waals surface area contributed by atoms with Crippen LogP contribution in [0.3, 0.4) is 0 Å². The van der Waals surface area contributed by atoms with Gasteiger partial charge in [-0.3, -0.25) is 4.79 Å². The highest BCUT2D eigenvalue weighted by atomic mass is 32.2. The number of phenols is 2. The average molecular weight is 424 g/mol. The Morgan fingerprint density at radius 3 is 2.53 bits per heavy atom. The van der Waals surface area contributed by atoms with Gasteiger partial charge >= 0.3 is 0 Å². The van der Waals surface area contributed by atoms with Crippen LogP contribution in [0.1, 0.15) is 35.3 Å². The fraction of sp³-hybridized carbons (Fsp3) is 0.375. The van der Waals surface area contributed by atoms with Crippen molar-refractivity contribution in [1.29, 1.82) is 0 Å². The number of hydrogen-bond donors (Lipinski definition) is 3. The van der Waals surface area contributed by atoms with Crippen LogP contribution in [0.15, 0.2) is 53.1 Å². The molecule has 1 saturated carbocycles. The molecule has 1 fully saturated rings. The zero-order valence-corrected chi connectivity index (χ0v) is 18.0. The molecule has 1 spiro atoms. The van der Waals surface area contributed by atoms with Gasteiger partial charge in [0.15, 0.2) is 23.0 Å². The van der Waals surface area contributed by atoms with E-state index in [-0.39, 0.29) is 40.9 Å². The number of ether oxygens (including phenoxy) is 1. The summed E-state index contributed by atoms with van der Waals surface area (Å²) >= 11 is 1.66. The summed E-state index contributed by atoms with van der Waals surface area (Å²) in [4.78, 5) is 13.9. The molecule has 3 aliphatic carbocycles. The summed E-state index contributed by atoms with van der Waals surface area (Å²) in [5.74, 6) is -0.0780. The maximum Gasteiger partial charge on any atom is 0.197 e. The van der Waals surface area contributed by atoms with Crippen molar-refractivity contribution in [3.8, 4) is 11.5 Å². The van der Waals surface area contributed by atoms with E-state index in [9.17, 15) is 15.0 Å². The van der Waals surface area contributed by atoms with Gasteiger partial charge in [-0.05, 0) is 42.7 Å². The van der Waals surface area contributed by atoms with Gasteiger partial charge in [0, 0.05) is 33.8 Å². The van der Waals surface area contributed by atoms with Gasteiger partial charge in [0.25, 0.3) is 0 Å². The molecule has 3 aliphatic rings. The Kier molecular flexibility index (Phi) is 4.09. The van der Waals surface area contributed by atoms with E-state index in [4.69, 9.17) is 10.5 Å². The zero-order valence-electron chi connectivity index (χ0n) is 17.2. The molecule has 0 aromatic heterocycles. The third kappa shape index (κ3) is 2.32. The summed E-state index contributed by atoms with van der Waals surface area (Å²) < 4.78 is 5.33. The van der Waals surface area contributed by atoms with Gasteiger partial charge in [-0.1, -0.05) is 30.7 Å². The zero-order chi connectivity index (χ0) is 21.4. The van der Waals surface area contributed by atoms with Crippen LogP contribution in [-0.4, -0.2) is 29.1 Å². The number of aryl methyl sites for hydroxylation is 1. The molecule has 6 heteroatoms. The van der Waals surface area contributed by atoms with Crippen LogP contribution in [0.4, 0.5) is 0 Å². The Hall–Kier alpha value is -2.44. The first-order chi connectivity index (χ1) is 14.2. The minimum atomic E-state index is -0.617. The summed E-state index contributed by atoms with van der Waals surface area (Å²) in [6.07, 6.45) is 2.10. The maximum atomic E-state index is 12.8. The standard InChI is InChI=1S/C24H25NO4S/c1-12-4-6-13(7-5-12)30-21-14-8-9-15(26)20(28)18(14)24-10-16(27)17(29-3)11-23(24,2)22(24)19(21)25/h4-9,11,19,21-22,26,28H,10,25H2,1-3H3/t19-,21?,22?,23?,24+/m0/s1. The second-order valence-electron chi connectivity index (χ2n) is 8.87. The number of methoxy groups -OCH3 is 1. The number of nitrogens with two attached hydrogens (primary N) is 1. The number of fused-ring (bicyclic) bond motifs is 2. The van der Waals surface area contributed by atoms with E-state index in [1.165, 1.54) is 18.7 Å². The highest BCUT2D eigenvalue weighted by molar-refractivity contribution is 7.99. The highest BCUT2D eigenvalue weighted by Crippen LogP contribution is 2.80. The number of aromatic hydroxyl groups is 2. The Labute approximate surface area is 179 Å². The van der Waals surface area contributed by atoms with Gasteiger partial charge in [0.05, 0.1) is 12.4 Å². The largest absolute Gasteiger partial charge is 0.504 e. The minimum absolute atomic E-state index is 0.0373. The Morgan fingerprint density at radius 2 is 1.87 bits per heavy atom. The van der Waals surface area contributed by atoms with E-state index in [1.807, 2.05) is 19.1 Å². The molecule has 2 aromatic rings. The van der Waals surface area contributed by atoms with E-state index in [0.29, 0.717) is 11.3 Å². The van der Waals surface area contributed by atoms with Crippen LogP contribution in [-0.2, 0) is 14.9 Å². The number of benzene rings is 2. The molecule has 0 amide bonds. The van der Waals surface area contributed by atoms with Crippen LogP contribution in [0.25, 0.3) is 0 Å². The van der Waals surface area contributed by atoms with E-state index in [2.05, 4.69) is 31.2 Å². The van der Waals surface area contributed by atoms with Gasteiger partial charge in [-0.15, -0.1) is 11.8 Å². The quantitative estimate of drug-likeness (QED) is 0.647. The molecule has 30 heavy (non-hydrogen) atoms. The van der Waals surface area contributed by atoms with Gasteiger partial charge in [0.1, 0.15) is 0 Å². The van der Waals surface area contributed by atoms with E-state index in [0.717, 1.165) is 10.5 Å². The summed E-state index contributed by atoms with van der Waals surface area (Å²) in [6, 6.07) is 11.4. The first-order valence-corrected chi connectivity index (χ1v) is 11.0. The lowest BCUT2D eigenvalue weighted by Crippen LogP contribution is -2.38. The predicted octanol–water partition coefficient (Wildman–Crippen LogP) is 3.96. The van der Waals surface area contributed by atoms with Gasteiger partial charge in [-0.2, -0.15) is 0 Å². The lowest BCUT2D eigenvalue weighted by Gasteiger charge is -2.36. The van der Waals surface area contributed by atoms with Crippen LogP contribution in [0.5, 0.6) is 11.5 Å². The molecular weight excluding hydrogens is 398 g/mol. The molecule has 5 rings (SSSR count). The lowest BCUT2D eigenvalue weighted by atomic mass is 9.73. The molecule has 5 atom stereocenters. The van der Waals surface area contributed by atoms with Gasteiger partial charge in [0.2, 0.25) is 0 Å². The fourth-order valence-corrected chi connectivity index (χ4v) is 7.20. The SMILES string of the molecule is COC1=CC2(C)C3[C@@H](N)C(Sc4ccc(C)cc4)c4ccc(O)c(O)c4[C@]32CC1=O. The monoisotopic (exact) mass is 423 g/mol. The van der Waals surface area contributed by atoms with Crippen molar-refractivity contribution in [2.24, 2.45) is 17.1 Å². The van der Waals surface area contributed by atoms with Crippen LogP contribution in [0.2, 0.25) is 0 Å². The number of phenolic OH excluding ortho intramolecular Hbond substituents is 2. The number of hydrogen-bond acceptors (Lipinski definition) is 6. The molecular formula is C24H25NO4S. The number of allylic oxidation sites excluding steroid dienone is 2. The first-order valence-electron chi connectivity index (χ1n) is 10.1. The predicted molar refractivity (Wildman–Crippen MR) is 116 cm³/mol. The van der Waals surface area contributed by atoms with Crippen molar-refractivity contribution < 1.29 is 19.7 Å². The van der Waals surface area contributed by atoms with Gasteiger partial charge < -0.3 is 20.7 Å². The second-order valence-corrected chi connectivity index (χ2v) is 10.1. The number of ketones is 1. The molecule has 0 bridgehead atoms. The lowest BCUT2D eigenvalue weighted by molar-refractivity contribution is -0.119. The van der Waals surface area contributed by atoms with E-state index in [1.54, 1.807) is 11.8 Å². The summed E-state index contributed by atoms with van der Waals surface area (Å²) in [7, 11) is 1.50. The molecule has 0 heterocycles. The van der Waals surface area contributed by atoms with Crippen LogP contribution >= 0.6 is 11.8 Å². The Bertz CT molecular complexity index is 1100. The number of thioether (sulfide) groups is 1. The molecule has 2 aromatic carbocycles. The molecule has 0 saturated heterocycles. The first kappa shape index (κ1) is 19.5. The molecule has 3 unspecified atom stereocenters. The number of carbonyl (C=O) groups excluding carboxylic acids is 1. The van der Waals surface area contributed by atoms with Crippen molar-refractivity contribution in [3.63, 3.8) is 0 Å². The molecule has 4 N–H and O–H groups in total. The van der Waals surface area contributed by atoms with Crippen molar-refractivity contribution in [1.82, 2.24) is 0 Å². The molecule has 156 valence electrons. The number of rotatable bonds is 3. The van der Waals surface area contributed by atoms with Crippen molar-refractivity contribution in [2.75, 3.05) is 7.11 Å². The molecule has 5 nitrogen and oxygen atoms in total. The summed E-state index contributed by atoms with van der Waals surface area (Å²) in [6.45, 7) is 4.13. The van der Waals surface area contributed by atoms with E-state index < -0.39 is 10.8 Å². The van der Waals surface area contributed by atoms with Crippen LogP contribution in [0, 0.1) is 18.3 Å². The fourth-order valence-electron chi connectivity index (χ4n) is 5.97. The molecule has 0 radical (unpaired) electrons.